The highest BCUT2D eigenvalue weighted by molar-refractivity contribution is 6.30. The maximum Gasteiger partial charge on any atom is 0.320 e. The molecular formula is C14H16ClNO3. The Morgan fingerprint density at radius 2 is 2.37 bits per heavy atom. The van der Waals surface area contributed by atoms with E-state index in [0.717, 1.165) is 42.7 Å². The van der Waals surface area contributed by atoms with Gasteiger partial charge in [-0.2, -0.15) is 0 Å². The SMILES string of the molecule is O=C(O)[C@@H]1CCCN1Cc1cc(Cl)cc2c1OCC2. The molecule has 0 saturated carbocycles. The lowest BCUT2D eigenvalue weighted by Gasteiger charge is -2.22. The van der Waals surface area contributed by atoms with Crippen molar-refractivity contribution < 1.29 is 14.6 Å². The molecule has 1 aromatic carbocycles. The first kappa shape index (κ1) is 12.8. The Morgan fingerprint density at radius 1 is 1.53 bits per heavy atom. The lowest BCUT2D eigenvalue weighted by molar-refractivity contribution is -0.142. The van der Waals surface area contributed by atoms with E-state index in [1.165, 1.54) is 0 Å². The average molecular weight is 282 g/mol. The standard InChI is InChI=1S/C14H16ClNO3/c15-11-6-9-3-5-19-13(9)10(7-11)8-16-4-1-2-12(16)14(17)18/h6-7,12H,1-5,8H2,(H,17,18)/t12-/m0/s1. The summed E-state index contributed by atoms with van der Waals surface area (Å²) in [7, 11) is 0. The van der Waals surface area contributed by atoms with E-state index in [-0.39, 0.29) is 6.04 Å². The predicted molar refractivity (Wildman–Crippen MR) is 71.7 cm³/mol. The van der Waals surface area contributed by atoms with Gasteiger partial charge in [0.25, 0.3) is 0 Å². The molecular weight excluding hydrogens is 266 g/mol. The minimum atomic E-state index is -0.739. The van der Waals surface area contributed by atoms with Gasteiger partial charge in [-0.1, -0.05) is 11.6 Å². The summed E-state index contributed by atoms with van der Waals surface area (Å²) in [5, 5.41) is 9.91. The zero-order valence-corrected chi connectivity index (χ0v) is 11.3. The van der Waals surface area contributed by atoms with Crippen molar-refractivity contribution in [3.05, 3.63) is 28.3 Å². The second-order valence-corrected chi connectivity index (χ2v) is 5.55. The van der Waals surface area contributed by atoms with Gasteiger partial charge in [-0.05, 0) is 37.1 Å². The van der Waals surface area contributed by atoms with Gasteiger partial charge in [0.15, 0.2) is 0 Å². The smallest absolute Gasteiger partial charge is 0.320 e. The highest BCUT2D eigenvalue weighted by atomic mass is 35.5. The van der Waals surface area contributed by atoms with Crippen molar-refractivity contribution in [2.75, 3.05) is 13.2 Å². The Hall–Kier alpha value is -1.26. The van der Waals surface area contributed by atoms with Crippen molar-refractivity contribution in [3.63, 3.8) is 0 Å². The number of likely N-dealkylation sites (tertiary alicyclic amines) is 1. The molecule has 0 unspecified atom stereocenters. The van der Waals surface area contributed by atoms with Crippen LogP contribution in [0.1, 0.15) is 24.0 Å². The Balaban J connectivity index is 1.85. The summed E-state index contributed by atoms with van der Waals surface area (Å²) in [5.41, 5.74) is 2.14. The van der Waals surface area contributed by atoms with Gasteiger partial charge in [-0.15, -0.1) is 0 Å². The summed E-state index contributed by atoms with van der Waals surface area (Å²) < 4.78 is 5.66. The first-order chi connectivity index (χ1) is 9.15. The van der Waals surface area contributed by atoms with E-state index >= 15 is 0 Å². The molecule has 1 saturated heterocycles. The van der Waals surface area contributed by atoms with Gasteiger partial charge >= 0.3 is 5.97 Å². The number of aliphatic carboxylic acids is 1. The molecule has 5 heteroatoms. The first-order valence-electron chi connectivity index (χ1n) is 6.56. The molecule has 0 aliphatic carbocycles. The highest BCUT2D eigenvalue weighted by Crippen LogP contribution is 2.34. The minimum absolute atomic E-state index is 0.379. The number of rotatable bonds is 3. The largest absolute Gasteiger partial charge is 0.493 e. The summed E-state index contributed by atoms with van der Waals surface area (Å²) in [5.74, 6) is 0.164. The molecule has 1 N–H and O–H groups in total. The van der Waals surface area contributed by atoms with Crippen molar-refractivity contribution in [3.8, 4) is 5.75 Å². The van der Waals surface area contributed by atoms with Gasteiger partial charge in [0.05, 0.1) is 6.61 Å². The van der Waals surface area contributed by atoms with Crippen LogP contribution in [0.2, 0.25) is 5.02 Å². The third-order valence-corrected chi connectivity index (χ3v) is 4.07. The summed E-state index contributed by atoms with van der Waals surface area (Å²) >= 11 is 6.12. The Kier molecular flexibility index (Phi) is 3.37. The molecule has 2 aliphatic rings. The van der Waals surface area contributed by atoms with Crippen LogP contribution in [0.3, 0.4) is 0 Å². The van der Waals surface area contributed by atoms with Crippen LogP contribution in [0.25, 0.3) is 0 Å². The van der Waals surface area contributed by atoms with Gasteiger partial charge < -0.3 is 9.84 Å². The summed E-state index contributed by atoms with van der Waals surface area (Å²) in [6, 6.07) is 3.45. The number of halogens is 1. The van der Waals surface area contributed by atoms with Crippen molar-refractivity contribution in [1.82, 2.24) is 4.90 Å². The fourth-order valence-corrected chi connectivity index (χ4v) is 3.24. The van der Waals surface area contributed by atoms with Gasteiger partial charge in [0.2, 0.25) is 0 Å². The molecule has 1 atom stereocenters. The first-order valence-corrected chi connectivity index (χ1v) is 6.94. The molecule has 1 fully saturated rings. The van der Waals surface area contributed by atoms with Crippen molar-refractivity contribution in [1.29, 1.82) is 0 Å². The molecule has 1 aromatic rings. The second-order valence-electron chi connectivity index (χ2n) is 5.12. The Bertz CT molecular complexity index is 518. The van der Waals surface area contributed by atoms with Crippen LogP contribution in [0.15, 0.2) is 12.1 Å². The molecule has 0 spiro atoms. The predicted octanol–water partition coefficient (Wildman–Crippen LogP) is 2.32. The average Bonchev–Trinajstić information content (AvgIpc) is 2.96. The molecule has 0 bridgehead atoms. The number of carbonyl (C=O) groups is 1. The van der Waals surface area contributed by atoms with Crippen molar-refractivity contribution in [2.24, 2.45) is 0 Å². The molecule has 3 rings (SSSR count). The minimum Gasteiger partial charge on any atom is -0.493 e. The van der Waals surface area contributed by atoms with Crippen LogP contribution < -0.4 is 4.74 Å². The van der Waals surface area contributed by atoms with Gasteiger partial charge in [0.1, 0.15) is 11.8 Å². The van der Waals surface area contributed by atoms with Crippen LogP contribution in [0, 0.1) is 0 Å². The molecule has 2 heterocycles. The third kappa shape index (κ3) is 2.42. The third-order valence-electron chi connectivity index (χ3n) is 3.85. The van der Waals surface area contributed by atoms with Crippen molar-refractivity contribution >= 4 is 17.6 Å². The van der Waals surface area contributed by atoms with Crippen LogP contribution in [-0.4, -0.2) is 35.2 Å². The Labute approximate surface area is 116 Å². The maximum atomic E-state index is 11.2. The van der Waals surface area contributed by atoms with E-state index in [0.29, 0.717) is 18.2 Å². The molecule has 0 radical (unpaired) electrons. The second kappa shape index (κ2) is 5.02. The molecule has 4 nitrogen and oxygen atoms in total. The fourth-order valence-electron chi connectivity index (χ4n) is 2.98. The summed E-state index contributed by atoms with van der Waals surface area (Å²) in [6.07, 6.45) is 2.53. The van der Waals surface area contributed by atoms with Gasteiger partial charge in [-0.3, -0.25) is 9.69 Å². The number of carboxylic acids is 1. The van der Waals surface area contributed by atoms with E-state index in [2.05, 4.69) is 0 Å². The van der Waals surface area contributed by atoms with Crippen LogP contribution in [0.4, 0.5) is 0 Å². The lowest BCUT2D eigenvalue weighted by Crippen LogP contribution is -2.35. The number of nitrogens with zero attached hydrogens (tertiary/aromatic N) is 1. The highest BCUT2D eigenvalue weighted by Gasteiger charge is 2.31. The van der Waals surface area contributed by atoms with E-state index in [4.69, 9.17) is 16.3 Å². The Morgan fingerprint density at radius 3 is 3.16 bits per heavy atom. The monoisotopic (exact) mass is 281 g/mol. The van der Waals surface area contributed by atoms with E-state index < -0.39 is 5.97 Å². The van der Waals surface area contributed by atoms with E-state index in [9.17, 15) is 9.90 Å². The number of hydrogen-bond donors (Lipinski definition) is 1. The molecule has 19 heavy (non-hydrogen) atoms. The normalized spacial score (nSPS) is 22.3. The maximum absolute atomic E-state index is 11.2. The van der Waals surface area contributed by atoms with Crippen molar-refractivity contribution in [2.45, 2.75) is 31.8 Å². The van der Waals surface area contributed by atoms with E-state index in [1.54, 1.807) is 0 Å². The van der Waals surface area contributed by atoms with E-state index in [1.807, 2.05) is 17.0 Å². The number of fused-ring (bicyclic) bond motifs is 1. The topological polar surface area (TPSA) is 49.8 Å². The fraction of sp³-hybridized carbons (Fsp3) is 0.500. The lowest BCUT2D eigenvalue weighted by atomic mass is 10.1. The quantitative estimate of drug-likeness (QED) is 0.924. The molecule has 102 valence electrons. The molecule has 0 aromatic heterocycles. The zero-order valence-electron chi connectivity index (χ0n) is 10.6. The van der Waals surface area contributed by atoms with Crippen LogP contribution in [-0.2, 0) is 17.8 Å². The number of carboxylic acid groups (broad SMARTS) is 1. The summed E-state index contributed by atoms with van der Waals surface area (Å²) in [6.45, 7) is 2.10. The number of ether oxygens (including phenoxy) is 1. The van der Waals surface area contributed by atoms with Crippen LogP contribution in [0.5, 0.6) is 5.75 Å². The number of hydrogen-bond acceptors (Lipinski definition) is 3. The van der Waals surface area contributed by atoms with Gasteiger partial charge in [0, 0.05) is 23.6 Å². The zero-order chi connectivity index (χ0) is 13.4. The number of benzene rings is 1. The van der Waals surface area contributed by atoms with Crippen LogP contribution >= 0.6 is 11.6 Å². The molecule has 2 aliphatic heterocycles. The summed E-state index contributed by atoms with van der Waals surface area (Å²) in [4.78, 5) is 13.2. The molecule has 0 amide bonds. The van der Waals surface area contributed by atoms with Gasteiger partial charge in [-0.25, -0.2) is 0 Å².